The van der Waals surface area contributed by atoms with Crippen molar-refractivity contribution in [1.82, 2.24) is 15.5 Å². The Morgan fingerprint density at radius 1 is 1.03 bits per heavy atom. The van der Waals surface area contributed by atoms with Crippen molar-refractivity contribution < 1.29 is 19.1 Å². The van der Waals surface area contributed by atoms with Gasteiger partial charge in [-0.3, -0.25) is 9.59 Å². The van der Waals surface area contributed by atoms with E-state index in [2.05, 4.69) is 16.7 Å². The quantitative estimate of drug-likeness (QED) is 0.462. The maximum Gasteiger partial charge on any atom is 0.408 e. The van der Waals surface area contributed by atoms with Gasteiger partial charge in [0.25, 0.3) is 0 Å². The number of benzene rings is 1. The van der Waals surface area contributed by atoms with E-state index in [1.165, 1.54) is 6.42 Å². The Morgan fingerprint density at radius 2 is 1.61 bits per heavy atom. The summed E-state index contributed by atoms with van der Waals surface area (Å²) >= 11 is 0. The second-order valence-corrected chi connectivity index (χ2v) is 11.6. The molecule has 0 heterocycles. The normalized spacial score (nSPS) is 16.2. The average molecular weight is 502 g/mol. The van der Waals surface area contributed by atoms with Gasteiger partial charge in [0.2, 0.25) is 11.8 Å². The topological polar surface area (TPSA) is 87.7 Å². The maximum absolute atomic E-state index is 14.0. The zero-order chi connectivity index (χ0) is 27.0. The molecule has 2 atom stereocenters. The summed E-state index contributed by atoms with van der Waals surface area (Å²) in [6, 6.07) is 4.57. The number of amides is 3. The van der Waals surface area contributed by atoms with Crippen LogP contribution in [0.2, 0.25) is 0 Å². The molecular formula is C29H47N3O4. The molecule has 202 valence electrons. The highest BCUT2D eigenvalue weighted by atomic mass is 16.6. The molecule has 7 nitrogen and oxygen atoms in total. The molecule has 0 aromatic heterocycles. The van der Waals surface area contributed by atoms with Crippen molar-refractivity contribution in [2.45, 2.75) is 118 Å². The standard InChI is InChI=1S/C29H47N3O4/c1-9-32(27(34)24(15-19(2)3)31-28(35)36-29(6,7)8)25(22-17-20(4)16-21(5)18-22)26(33)30-23-13-11-10-12-14-23/h16-19,23-25H,9-15H2,1-8H3,(H,30,33)(H,31,35). The molecule has 3 amide bonds. The molecule has 36 heavy (non-hydrogen) atoms. The number of carbonyl (C=O) groups excluding carboxylic acids is 3. The molecule has 1 fully saturated rings. The summed E-state index contributed by atoms with van der Waals surface area (Å²) in [5.74, 6) is -0.286. The Bertz CT molecular complexity index is 880. The van der Waals surface area contributed by atoms with Crippen molar-refractivity contribution in [1.29, 1.82) is 0 Å². The third kappa shape index (κ3) is 9.14. The number of hydrogen-bond acceptors (Lipinski definition) is 4. The summed E-state index contributed by atoms with van der Waals surface area (Å²) in [4.78, 5) is 42.0. The molecule has 1 aromatic rings. The Kier molecular flexibility index (Phi) is 10.8. The van der Waals surface area contributed by atoms with Crippen molar-refractivity contribution in [3.8, 4) is 0 Å². The summed E-state index contributed by atoms with van der Waals surface area (Å²) in [5, 5.41) is 6.02. The van der Waals surface area contributed by atoms with Gasteiger partial charge in [-0.1, -0.05) is 62.4 Å². The molecule has 1 aliphatic carbocycles. The van der Waals surface area contributed by atoms with Crippen LogP contribution in [-0.4, -0.2) is 47.0 Å². The van der Waals surface area contributed by atoms with Crippen LogP contribution in [0.15, 0.2) is 18.2 Å². The van der Waals surface area contributed by atoms with Gasteiger partial charge in [0, 0.05) is 12.6 Å². The van der Waals surface area contributed by atoms with Gasteiger partial charge in [0.1, 0.15) is 17.7 Å². The van der Waals surface area contributed by atoms with Crippen LogP contribution in [0.4, 0.5) is 4.79 Å². The molecule has 7 heteroatoms. The Hall–Kier alpha value is -2.57. The highest BCUT2D eigenvalue weighted by molar-refractivity contribution is 5.92. The van der Waals surface area contributed by atoms with E-state index >= 15 is 0 Å². The summed E-state index contributed by atoms with van der Waals surface area (Å²) in [6.07, 6.45) is 5.13. The van der Waals surface area contributed by atoms with Gasteiger partial charge in [-0.15, -0.1) is 0 Å². The third-order valence-corrected chi connectivity index (χ3v) is 6.39. The second kappa shape index (κ2) is 13.1. The van der Waals surface area contributed by atoms with Crippen LogP contribution in [0.1, 0.15) is 103 Å². The van der Waals surface area contributed by atoms with Crippen LogP contribution in [0.25, 0.3) is 0 Å². The van der Waals surface area contributed by atoms with Gasteiger partial charge < -0.3 is 20.3 Å². The van der Waals surface area contributed by atoms with Gasteiger partial charge in [0.15, 0.2) is 0 Å². The minimum absolute atomic E-state index is 0.125. The molecule has 2 unspecified atom stereocenters. The minimum Gasteiger partial charge on any atom is -0.444 e. The first-order valence-corrected chi connectivity index (χ1v) is 13.5. The van der Waals surface area contributed by atoms with Crippen molar-refractivity contribution in [2.24, 2.45) is 5.92 Å². The molecule has 1 aliphatic rings. The van der Waals surface area contributed by atoms with Crippen molar-refractivity contribution in [3.63, 3.8) is 0 Å². The van der Waals surface area contributed by atoms with E-state index in [9.17, 15) is 14.4 Å². The molecule has 1 aromatic carbocycles. The minimum atomic E-state index is -0.796. The molecule has 2 rings (SSSR count). The highest BCUT2D eigenvalue weighted by Crippen LogP contribution is 2.27. The van der Waals surface area contributed by atoms with E-state index in [0.717, 1.165) is 42.4 Å². The van der Waals surface area contributed by atoms with E-state index in [4.69, 9.17) is 4.74 Å². The second-order valence-electron chi connectivity index (χ2n) is 11.6. The molecule has 0 spiro atoms. The summed E-state index contributed by atoms with van der Waals surface area (Å²) in [6.45, 7) is 15.6. The molecule has 1 saturated carbocycles. The van der Waals surface area contributed by atoms with Gasteiger partial charge >= 0.3 is 6.09 Å². The van der Waals surface area contributed by atoms with Crippen LogP contribution >= 0.6 is 0 Å². The first-order valence-electron chi connectivity index (χ1n) is 13.5. The zero-order valence-electron chi connectivity index (χ0n) is 23.6. The van der Waals surface area contributed by atoms with Crippen LogP contribution < -0.4 is 10.6 Å². The first kappa shape index (κ1) is 29.7. The predicted molar refractivity (Wildman–Crippen MR) is 144 cm³/mol. The molecule has 0 saturated heterocycles. The van der Waals surface area contributed by atoms with E-state index in [1.807, 2.05) is 46.8 Å². The van der Waals surface area contributed by atoms with E-state index in [0.29, 0.717) is 13.0 Å². The maximum atomic E-state index is 14.0. The largest absolute Gasteiger partial charge is 0.444 e. The van der Waals surface area contributed by atoms with E-state index < -0.39 is 23.8 Å². The molecule has 2 N–H and O–H groups in total. The number of aryl methyl sites for hydroxylation is 2. The lowest BCUT2D eigenvalue weighted by Crippen LogP contribution is -2.54. The summed E-state index contributed by atoms with van der Waals surface area (Å²) < 4.78 is 5.44. The van der Waals surface area contributed by atoms with Crippen LogP contribution in [-0.2, 0) is 14.3 Å². The zero-order valence-corrected chi connectivity index (χ0v) is 23.6. The van der Waals surface area contributed by atoms with E-state index in [1.54, 1.807) is 25.7 Å². The fraction of sp³-hybridized carbons (Fsp3) is 0.690. The number of likely N-dealkylation sites (N-methyl/N-ethyl adjacent to an activating group) is 1. The molecular weight excluding hydrogens is 454 g/mol. The fourth-order valence-electron chi connectivity index (χ4n) is 4.98. The fourth-order valence-corrected chi connectivity index (χ4v) is 4.98. The summed E-state index contributed by atoms with van der Waals surface area (Å²) in [5.41, 5.74) is 2.18. The van der Waals surface area contributed by atoms with Crippen LogP contribution in [0, 0.1) is 19.8 Å². The lowest BCUT2D eigenvalue weighted by atomic mass is 9.93. The third-order valence-electron chi connectivity index (χ3n) is 6.39. The van der Waals surface area contributed by atoms with Crippen LogP contribution in [0.5, 0.6) is 0 Å². The molecule has 0 bridgehead atoms. The highest BCUT2D eigenvalue weighted by Gasteiger charge is 2.36. The van der Waals surface area contributed by atoms with Gasteiger partial charge in [-0.25, -0.2) is 4.79 Å². The number of hydrogen-bond donors (Lipinski definition) is 2. The number of nitrogens with zero attached hydrogens (tertiary/aromatic N) is 1. The van der Waals surface area contributed by atoms with Gasteiger partial charge in [-0.05, 0) is 72.3 Å². The number of ether oxygens (including phenoxy) is 1. The molecule has 0 aliphatic heterocycles. The lowest BCUT2D eigenvalue weighted by molar-refractivity contribution is -0.142. The Labute approximate surface area is 217 Å². The monoisotopic (exact) mass is 501 g/mol. The average Bonchev–Trinajstić information content (AvgIpc) is 2.74. The first-order chi connectivity index (χ1) is 16.8. The number of nitrogens with one attached hydrogen (secondary N) is 2. The van der Waals surface area contributed by atoms with Crippen molar-refractivity contribution in [2.75, 3.05) is 6.54 Å². The SMILES string of the molecule is CCN(C(=O)C(CC(C)C)NC(=O)OC(C)(C)C)C(C(=O)NC1CCCCC1)c1cc(C)cc(C)c1. The Balaban J connectivity index is 2.41. The lowest BCUT2D eigenvalue weighted by Gasteiger charge is -2.35. The predicted octanol–water partition coefficient (Wildman–Crippen LogP) is 5.58. The van der Waals surface area contributed by atoms with Crippen molar-refractivity contribution >= 4 is 17.9 Å². The van der Waals surface area contributed by atoms with Crippen LogP contribution in [0.3, 0.4) is 0 Å². The number of carbonyl (C=O) groups is 3. The Morgan fingerprint density at radius 3 is 2.11 bits per heavy atom. The smallest absolute Gasteiger partial charge is 0.408 e. The van der Waals surface area contributed by atoms with Crippen molar-refractivity contribution in [3.05, 3.63) is 34.9 Å². The van der Waals surface area contributed by atoms with Gasteiger partial charge in [-0.2, -0.15) is 0 Å². The molecule has 0 radical (unpaired) electrons. The number of rotatable bonds is 9. The van der Waals surface area contributed by atoms with Gasteiger partial charge in [0.05, 0.1) is 0 Å². The summed E-state index contributed by atoms with van der Waals surface area (Å²) in [7, 11) is 0. The number of alkyl carbamates (subject to hydrolysis) is 1. The van der Waals surface area contributed by atoms with E-state index in [-0.39, 0.29) is 23.8 Å².